The van der Waals surface area contributed by atoms with Crippen LogP contribution in [0.25, 0.3) is 0 Å². The summed E-state index contributed by atoms with van der Waals surface area (Å²) in [6.45, 7) is 2.93. The molecule has 0 aromatic heterocycles. The maximum atomic E-state index is 10.7. The molecule has 1 amide bonds. The van der Waals surface area contributed by atoms with Crippen molar-refractivity contribution in [2.45, 2.75) is 32.6 Å². The molecule has 1 saturated heterocycles. The molecule has 4 nitrogen and oxygen atoms in total. The second-order valence-corrected chi connectivity index (χ2v) is 5.47. The van der Waals surface area contributed by atoms with Gasteiger partial charge in [-0.15, -0.1) is 0 Å². The van der Waals surface area contributed by atoms with Crippen LogP contribution in [0.2, 0.25) is 0 Å². The smallest absolute Gasteiger partial charge is 0.407 e. The zero-order valence-electron chi connectivity index (χ0n) is 9.65. The molecule has 0 atom stereocenters. The summed E-state index contributed by atoms with van der Waals surface area (Å²) >= 11 is 1.38. The van der Waals surface area contributed by atoms with Gasteiger partial charge in [0.1, 0.15) is 0 Å². The minimum absolute atomic E-state index is 0.181. The quantitative estimate of drug-likeness (QED) is 0.773. The van der Waals surface area contributed by atoms with Gasteiger partial charge in [0.05, 0.1) is 0 Å². The van der Waals surface area contributed by atoms with Gasteiger partial charge < -0.3 is 10.0 Å². The van der Waals surface area contributed by atoms with E-state index < -0.39 is 6.09 Å². The van der Waals surface area contributed by atoms with E-state index in [0.29, 0.717) is 19.0 Å². The summed E-state index contributed by atoms with van der Waals surface area (Å²) in [6, 6.07) is 0. The average Bonchev–Trinajstić information content (AvgIpc) is 2.25. The number of carboxylic acid groups (broad SMARTS) is 1. The van der Waals surface area contributed by atoms with E-state index in [9.17, 15) is 9.59 Å². The molecule has 1 aliphatic rings. The lowest BCUT2D eigenvalue weighted by Crippen LogP contribution is -2.37. The molecule has 1 rings (SSSR count). The van der Waals surface area contributed by atoms with Gasteiger partial charge in [0.25, 0.3) is 0 Å². The Kier molecular flexibility index (Phi) is 5.66. The Labute approximate surface area is 100 Å². The summed E-state index contributed by atoms with van der Waals surface area (Å²) in [4.78, 5) is 22.9. The van der Waals surface area contributed by atoms with E-state index in [1.54, 1.807) is 6.92 Å². The molecule has 0 aliphatic carbocycles. The Hall–Kier alpha value is -0.710. The van der Waals surface area contributed by atoms with Gasteiger partial charge in [-0.05, 0) is 31.6 Å². The first kappa shape index (κ1) is 13.4. The number of carbonyl (C=O) groups is 2. The van der Waals surface area contributed by atoms with Crippen molar-refractivity contribution in [1.82, 2.24) is 4.90 Å². The molecule has 92 valence electrons. The predicted octanol–water partition coefficient (Wildman–Crippen LogP) is 2.44. The van der Waals surface area contributed by atoms with Gasteiger partial charge in [-0.25, -0.2) is 4.79 Å². The zero-order chi connectivity index (χ0) is 12.0. The molecule has 0 bridgehead atoms. The van der Waals surface area contributed by atoms with Crippen molar-refractivity contribution in [3.05, 3.63) is 0 Å². The number of amides is 1. The lowest BCUT2D eigenvalue weighted by Gasteiger charge is -2.29. The van der Waals surface area contributed by atoms with E-state index in [1.165, 1.54) is 16.7 Å². The molecule has 5 heteroatoms. The zero-order valence-corrected chi connectivity index (χ0v) is 10.5. The molecule has 16 heavy (non-hydrogen) atoms. The van der Waals surface area contributed by atoms with Crippen molar-refractivity contribution in [3.63, 3.8) is 0 Å². The van der Waals surface area contributed by atoms with Crippen LogP contribution >= 0.6 is 11.8 Å². The highest BCUT2D eigenvalue weighted by molar-refractivity contribution is 8.13. The van der Waals surface area contributed by atoms with Crippen LogP contribution in [0.3, 0.4) is 0 Å². The number of hydrogen-bond acceptors (Lipinski definition) is 3. The van der Waals surface area contributed by atoms with Crippen LogP contribution < -0.4 is 0 Å². The van der Waals surface area contributed by atoms with Crippen LogP contribution in [0.15, 0.2) is 0 Å². The largest absolute Gasteiger partial charge is 0.465 e. The van der Waals surface area contributed by atoms with Crippen LogP contribution in [-0.4, -0.2) is 40.1 Å². The molecular formula is C11H19NO3S. The minimum Gasteiger partial charge on any atom is -0.465 e. The van der Waals surface area contributed by atoms with E-state index in [0.717, 1.165) is 31.4 Å². The fraction of sp³-hybridized carbons (Fsp3) is 0.818. The van der Waals surface area contributed by atoms with Gasteiger partial charge in [0.2, 0.25) is 0 Å². The Morgan fingerprint density at radius 3 is 2.50 bits per heavy atom. The van der Waals surface area contributed by atoms with Crippen molar-refractivity contribution < 1.29 is 14.7 Å². The number of carbonyl (C=O) groups excluding carboxylic acids is 1. The molecule has 0 saturated carbocycles. The van der Waals surface area contributed by atoms with E-state index in [1.807, 2.05) is 0 Å². The minimum atomic E-state index is -0.800. The van der Waals surface area contributed by atoms with E-state index in [-0.39, 0.29) is 5.12 Å². The van der Waals surface area contributed by atoms with E-state index in [4.69, 9.17) is 5.11 Å². The van der Waals surface area contributed by atoms with Crippen LogP contribution in [0.5, 0.6) is 0 Å². The first-order valence-electron chi connectivity index (χ1n) is 5.71. The molecule has 0 aromatic carbocycles. The van der Waals surface area contributed by atoms with Gasteiger partial charge >= 0.3 is 6.09 Å². The Balaban J connectivity index is 2.08. The maximum Gasteiger partial charge on any atom is 0.407 e. The van der Waals surface area contributed by atoms with Gasteiger partial charge in [0.15, 0.2) is 5.12 Å². The fourth-order valence-electron chi connectivity index (χ4n) is 2.00. The Morgan fingerprint density at radius 2 is 2.00 bits per heavy atom. The van der Waals surface area contributed by atoms with Crippen molar-refractivity contribution in [3.8, 4) is 0 Å². The summed E-state index contributed by atoms with van der Waals surface area (Å²) in [5, 5.41) is 8.97. The lowest BCUT2D eigenvalue weighted by atomic mass is 9.93. The monoisotopic (exact) mass is 245 g/mol. The topological polar surface area (TPSA) is 57.6 Å². The highest BCUT2D eigenvalue weighted by Gasteiger charge is 2.21. The van der Waals surface area contributed by atoms with Crippen LogP contribution in [0.1, 0.15) is 32.6 Å². The third-order valence-electron chi connectivity index (χ3n) is 2.95. The number of hydrogen-bond donors (Lipinski definition) is 1. The van der Waals surface area contributed by atoms with Gasteiger partial charge in [-0.3, -0.25) is 4.79 Å². The molecule has 1 heterocycles. The predicted molar refractivity (Wildman–Crippen MR) is 64.7 cm³/mol. The second kappa shape index (κ2) is 6.78. The second-order valence-electron chi connectivity index (χ2n) is 4.20. The maximum absolute atomic E-state index is 10.7. The van der Waals surface area contributed by atoms with Crippen LogP contribution in [0, 0.1) is 5.92 Å². The van der Waals surface area contributed by atoms with E-state index >= 15 is 0 Å². The SMILES string of the molecule is CC(=O)SCCCC1CCN(C(=O)O)CC1. The molecular weight excluding hydrogens is 226 g/mol. The standard InChI is InChI=1S/C11H19NO3S/c1-9(13)16-8-2-3-10-4-6-12(7-5-10)11(14)15/h10H,2-8H2,1H3,(H,14,15). The van der Waals surface area contributed by atoms with Crippen molar-refractivity contribution in [1.29, 1.82) is 0 Å². The summed E-state index contributed by atoms with van der Waals surface area (Å²) in [7, 11) is 0. The summed E-state index contributed by atoms with van der Waals surface area (Å²) in [5.74, 6) is 1.54. The molecule has 0 unspecified atom stereocenters. The number of thioether (sulfide) groups is 1. The number of likely N-dealkylation sites (tertiary alicyclic amines) is 1. The van der Waals surface area contributed by atoms with Crippen molar-refractivity contribution in [2.75, 3.05) is 18.8 Å². The third kappa shape index (κ3) is 4.88. The summed E-state index contributed by atoms with van der Waals surface area (Å²) in [5.41, 5.74) is 0. The van der Waals surface area contributed by atoms with Gasteiger partial charge in [-0.2, -0.15) is 0 Å². The first-order valence-corrected chi connectivity index (χ1v) is 6.69. The summed E-state index contributed by atoms with van der Waals surface area (Å²) in [6.07, 6.45) is 3.31. The van der Waals surface area contributed by atoms with Crippen molar-refractivity contribution in [2.24, 2.45) is 5.92 Å². The molecule has 1 fully saturated rings. The van der Waals surface area contributed by atoms with Crippen LogP contribution in [-0.2, 0) is 4.79 Å². The first-order chi connectivity index (χ1) is 7.59. The van der Waals surface area contributed by atoms with Gasteiger partial charge in [0, 0.05) is 25.8 Å². The number of rotatable bonds is 4. The number of nitrogens with zero attached hydrogens (tertiary/aromatic N) is 1. The Morgan fingerprint density at radius 1 is 1.38 bits per heavy atom. The van der Waals surface area contributed by atoms with Gasteiger partial charge in [-0.1, -0.05) is 11.8 Å². The van der Waals surface area contributed by atoms with E-state index in [2.05, 4.69) is 0 Å². The molecule has 0 aromatic rings. The molecule has 1 aliphatic heterocycles. The normalized spacial score (nSPS) is 17.4. The molecule has 0 spiro atoms. The Bertz CT molecular complexity index is 250. The summed E-state index contributed by atoms with van der Waals surface area (Å²) < 4.78 is 0. The highest BCUT2D eigenvalue weighted by atomic mass is 32.2. The lowest BCUT2D eigenvalue weighted by molar-refractivity contribution is -0.109. The fourth-order valence-corrected chi connectivity index (χ4v) is 2.60. The highest BCUT2D eigenvalue weighted by Crippen LogP contribution is 2.22. The van der Waals surface area contributed by atoms with Crippen molar-refractivity contribution >= 4 is 23.0 Å². The third-order valence-corrected chi connectivity index (χ3v) is 3.85. The number of piperidine rings is 1. The average molecular weight is 245 g/mol. The molecule has 1 N–H and O–H groups in total. The molecule has 0 radical (unpaired) electrons. The van der Waals surface area contributed by atoms with Crippen LogP contribution in [0.4, 0.5) is 4.79 Å².